The van der Waals surface area contributed by atoms with E-state index in [-0.39, 0.29) is 4.25 Å². The topological polar surface area (TPSA) is 73.1 Å². The summed E-state index contributed by atoms with van der Waals surface area (Å²) in [6.45, 7) is 4.23. The fraction of sp³-hybridized carbons (Fsp3) is 0.353. The van der Waals surface area contributed by atoms with Gasteiger partial charge in [-0.3, -0.25) is 14.0 Å². The van der Waals surface area contributed by atoms with E-state index in [2.05, 4.69) is 15.2 Å². The number of pyridine rings is 1. The number of rotatable bonds is 8. The van der Waals surface area contributed by atoms with Crippen LogP contribution in [0, 0.1) is 0 Å². The van der Waals surface area contributed by atoms with Crippen molar-refractivity contribution >= 4 is 24.8 Å². The normalized spacial score (nSPS) is 12.6. The van der Waals surface area contributed by atoms with Crippen molar-refractivity contribution in [1.29, 1.82) is 0 Å². The number of benzene rings is 1. The van der Waals surface area contributed by atoms with E-state index >= 15 is 0 Å². The van der Waals surface area contributed by atoms with Gasteiger partial charge in [0.25, 0.3) is 0 Å². The van der Waals surface area contributed by atoms with Crippen LogP contribution in [-0.2, 0) is 13.6 Å². The summed E-state index contributed by atoms with van der Waals surface area (Å²) in [5.74, 6) is 0. The highest BCUT2D eigenvalue weighted by Crippen LogP contribution is 2.57. The lowest BCUT2D eigenvalue weighted by atomic mass is 10.3. The third-order valence-electron chi connectivity index (χ3n) is 3.62. The Morgan fingerprint density at radius 1 is 0.920 bits per heavy atom. The van der Waals surface area contributed by atoms with E-state index in [0.29, 0.717) is 18.9 Å². The molecule has 7 nitrogen and oxygen atoms in total. The van der Waals surface area contributed by atoms with E-state index in [4.69, 9.17) is 9.05 Å². The first kappa shape index (κ1) is 19.4. The van der Waals surface area contributed by atoms with Crippen LogP contribution in [0.4, 0.5) is 17.1 Å². The Balaban J connectivity index is 2.23. The summed E-state index contributed by atoms with van der Waals surface area (Å²) in [6, 6.07) is 10.9. The van der Waals surface area contributed by atoms with E-state index in [1.807, 2.05) is 24.3 Å². The van der Waals surface area contributed by atoms with E-state index < -0.39 is 7.75 Å². The highest BCUT2D eigenvalue weighted by molar-refractivity contribution is 7.53. The van der Waals surface area contributed by atoms with Crippen molar-refractivity contribution in [3.8, 4) is 0 Å². The average Bonchev–Trinajstić information content (AvgIpc) is 2.61. The zero-order chi connectivity index (χ0) is 18.3. The van der Waals surface area contributed by atoms with Gasteiger partial charge in [-0.15, -0.1) is 0 Å². The molecule has 0 aliphatic carbocycles. The van der Waals surface area contributed by atoms with E-state index in [9.17, 15) is 4.57 Å². The molecule has 0 aliphatic heterocycles. The largest absolute Gasteiger partial charge is 0.536 e. The van der Waals surface area contributed by atoms with Crippen molar-refractivity contribution in [3.63, 3.8) is 0 Å². The summed E-state index contributed by atoms with van der Waals surface area (Å²) >= 11 is 0. The Hall–Kier alpha value is -1.92. The molecule has 2 rings (SSSR count). The molecule has 0 bridgehead atoms. The standard InChI is InChI=1S/C17H24N4O3P/c1-5-23-25(22,24-6-2)21(3,4)17-9-7-15(8-10-17)19-20-16-11-13-18-14-12-16/h7-14H,5-6H2,1-4H3/q+1. The van der Waals surface area contributed by atoms with Gasteiger partial charge in [-0.2, -0.15) is 10.2 Å². The highest BCUT2D eigenvalue weighted by Gasteiger charge is 2.46. The maximum absolute atomic E-state index is 13.1. The number of nitrogens with zero attached hydrogens (tertiary/aromatic N) is 4. The Bertz CT molecular complexity index is 738. The van der Waals surface area contributed by atoms with Gasteiger partial charge in [0, 0.05) is 24.5 Å². The van der Waals surface area contributed by atoms with Gasteiger partial charge in [0.15, 0.2) is 0 Å². The first-order valence-corrected chi connectivity index (χ1v) is 9.58. The van der Waals surface area contributed by atoms with Crippen LogP contribution in [0.25, 0.3) is 0 Å². The van der Waals surface area contributed by atoms with Gasteiger partial charge >= 0.3 is 7.75 Å². The molecule has 1 aromatic carbocycles. The van der Waals surface area contributed by atoms with Crippen LogP contribution in [0.1, 0.15) is 13.8 Å². The van der Waals surface area contributed by atoms with Crippen molar-refractivity contribution in [2.75, 3.05) is 27.3 Å². The fourth-order valence-electron chi connectivity index (χ4n) is 2.20. The van der Waals surface area contributed by atoms with Crippen LogP contribution in [0.5, 0.6) is 0 Å². The van der Waals surface area contributed by atoms with Crippen LogP contribution in [-0.4, -0.2) is 32.3 Å². The molecule has 134 valence electrons. The molecular weight excluding hydrogens is 339 g/mol. The molecule has 8 heteroatoms. The number of quaternary nitrogens is 1. The zero-order valence-corrected chi connectivity index (χ0v) is 15.9. The number of hydrogen-bond acceptors (Lipinski definition) is 6. The Morgan fingerprint density at radius 3 is 1.88 bits per heavy atom. The third-order valence-corrected chi connectivity index (χ3v) is 6.25. The lowest BCUT2D eigenvalue weighted by Crippen LogP contribution is -2.38. The molecule has 1 aromatic heterocycles. The van der Waals surface area contributed by atoms with Gasteiger partial charge in [0.05, 0.1) is 38.7 Å². The van der Waals surface area contributed by atoms with Gasteiger partial charge in [-0.05, 0) is 38.1 Å². The molecule has 0 radical (unpaired) electrons. The first-order valence-electron chi connectivity index (χ1n) is 8.09. The SMILES string of the molecule is CCOP(=O)(OCC)[N+](C)(C)c1ccc(N=Nc2ccncc2)cc1. The van der Waals surface area contributed by atoms with Gasteiger partial charge in [0.1, 0.15) is 5.69 Å². The van der Waals surface area contributed by atoms with Crippen LogP contribution in [0.3, 0.4) is 0 Å². The number of hydrogen-bond donors (Lipinski definition) is 0. The second-order valence-electron chi connectivity index (χ2n) is 5.62. The molecule has 0 spiro atoms. The summed E-state index contributed by atoms with van der Waals surface area (Å²) < 4.78 is 24.1. The van der Waals surface area contributed by atoms with Crippen molar-refractivity contribution in [1.82, 2.24) is 9.24 Å². The van der Waals surface area contributed by atoms with Crippen molar-refractivity contribution in [2.24, 2.45) is 10.2 Å². The molecular formula is C17H24N4O3P+. The van der Waals surface area contributed by atoms with Crippen LogP contribution >= 0.6 is 7.75 Å². The lowest BCUT2D eigenvalue weighted by Gasteiger charge is -2.33. The molecule has 0 unspecified atom stereocenters. The predicted octanol–water partition coefficient (Wildman–Crippen LogP) is 5.25. The summed E-state index contributed by atoms with van der Waals surface area (Å²) in [5, 5.41) is 8.34. The minimum Gasteiger partial charge on any atom is -0.265 e. The second-order valence-corrected chi connectivity index (χ2v) is 8.07. The molecule has 25 heavy (non-hydrogen) atoms. The molecule has 1 heterocycles. The summed E-state index contributed by atoms with van der Waals surface area (Å²) in [6.07, 6.45) is 3.33. The van der Waals surface area contributed by atoms with Crippen LogP contribution < -0.4 is 4.25 Å². The molecule has 0 amide bonds. The quantitative estimate of drug-likeness (QED) is 0.474. The monoisotopic (exact) mass is 363 g/mol. The molecule has 0 aliphatic rings. The van der Waals surface area contributed by atoms with Crippen LogP contribution in [0.15, 0.2) is 59.0 Å². The van der Waals surface area contributed by atoms with Crippen molar-refractivity contribution < 1.29 is 13.6 Å². The highest BCUT2D eigenvalue weighted by atomic mass is 31.2. The molecule has 0 saturated carbocycles. The minimum absolute atomic E-state index is 0.00351. The minimum atomic E-state index is -3.35. The van der Waals surface area contributed by atoms with E-state index in [1.54, 1.807) is 52.5 Å². The average molecular weight is 363 g/mol. The molecule has 0 fully saturated rings. The van der Waals surface area contributed by atoms with Crippen molar-refractivity contribution in [2.45, 2.75) is 13.8 Å². The van der Waals surface area contributed by atoms with Gasteiger partial charge in [-0.1, -0.05) is 0 Å². The predicted molar refractivity (Wildman–Crippen MR) is 99.4 cm³/mol. The second kappa shape index (κ2) is 8.45. The maximum Gasteiger partial charge on any atom is 0.536 e. The summed E-state index contributed by atoms with van der Waals surface area (Å²) in [7, 11) is 0.264. The first-order chi connectivity index (χ1) is 11.9. The molecule has 0 N–H and O–H groups in total. The fourth-order valence-corrected chi connectivity index (χ4v) is 3.92. The smallest absolute Gasteiger partial charge is 0.265 e. The van der Waals surface area contributed by atoms with Crippen LogP contribution in [0.2, 0.25) is 0 Å². The Labute approximate surface area is 148 Å². The Morgan fingerprint density at radius 2 is 1.40 bits per heavy atom. The summed E-state index contributed by atoms with van der Waals surface area (Å²) in [4.78, 5) is 3.94. The number of aromatic nitrogens is 1. The third kappa shape index (κ3) is 4.58. The molecule has 0 saturated heterocycles. The summed E-state index contributed by atoms with van der Waals surface area (Å²) in [5.41, 5.74) is 2.23. The van der Waals surface area contributed by atoms with Gasteiger partial charge in [0.2, 0.25) is 0 Å². The van der Waals surface area contributed by atoms with E-state index in [1.165, 1.54) is 0 Å². The van der Waals surface area contributed by atoms with Gasteiger partial charge in [-0.25, -0.2) is 8.82 Å². The van der Waals surface area contributed by atoms with E-state index in [0.717, 1.165) is 11.4 Å². The zero-order valence-electron chi connectivity index (χ0n) is 15.0. The van der Waals surface area contributed by atoms with Gasteiger partial charge < -0.3 is 0 Å². The molecule has 0 atom stereocenters. The lowest BCUT2D eigenvalue weighted by molar-refractivity contribution is 0.185. The Kier molecular flexibility index (Phi) is 6.56. The maximum atomic E-state index is 13.1. The number of azo groups is 1. The van der Waals surface area contributed by atoms with Crippen molar-refractivity contribution in [3.05, 3.63) is 48.8 Å². The molecule has 2 aromatic rings.